The molecule has 1 aliphatic heterocycles. The van der Waals surface area contributed by atoms with Gasteiger partial charge in [-0.05, 0) is 30.2 Å². The van der Waals surface area contributed by atoms with E-state index in [4.69, 9.17) is 4.74 Å². The summed E-state index contributed by atoms with van der Waals surface area (Å²) in [5.41, 5.74) is 0.820. The van der Waals surface area contributed by atoms with Gasteiger partial charge in [-0.25, -0.2) is 4.79 Å². The zero-order chi connectivity index (χ0) is 18.3. The van der Waals surface area contributed by atoms with Crippen molar-refractivity contribution in [3.05, 3.63) is 46.5 Å². The Labute approximate surface area is 142 Å². The molecule has 130 valence electrons. The number of carbonyl (C=O) groups is 2. The lowest BCUT2D eigenvalue weighted by Gasteiger charge is -2.26. The summed E-state index contributed by atoms with van der Waals surface area (Å²) < 4.78 is 5.30. The largest absolute Gasteiger partial charge is 0.508 e. The summed E-state index contributed by atoms with van der Waals surface area (Å²) in [7, 11) is 0. The highest BCUT2D eigenvalue weighted by molar-refractivity contribution is 5.98. The monoisotopic (exact) mass is 344 g/mol. The fourth-order valence-corrected chi connectivity index (χ4v) is 3.16. The van der Waals surface area contributed by atoms with Gasteiger partial charge in [0.2, 0.25) is 0 Å². The Balaban J connectivity index is 1.96. The number of rotatable bonds is 3. The summed E-state index contributed by atoms with van der Waals surface area (Å²) in [6.45, 7) is 1.29. The van der Waals surface area contributed by atoms with Gasteiger partial charge < -0.3 is 25.2 Å². The Hall–Kier alpha value is -3.22. The molecule has 0 unspecified atom stereocenters. The van der Waals surface area contributed by atoms with Crippen molar-refractivity contribution in [2.75, 3.05) is 0 Å². The maximum Gasteiger partial charge on any atom is 0.342 e. The second kappa shape index (κ2) is 6.01. The molecule has 0 saturated heterocycles. The first-order valence-electron chi connectivity index (χ1n) is 7.58. The van der Waals surface area contributed by atoms with E-state index >= 15 is 0 Å². The summed E-state index contributed by atoms with van der Waals surface area (Å²) >= 11 is 0. The summed E-state index contributed by atoms with van der Waals surface area (Å²) in [6.07, 6.45) is -0.393. The van der Waals surface area contributed by atoms with Crippen molar-refractivity contribution in [1.82, 2.24) is 0 Å². The first-order chi connectivity index (χ1) is 11.8. The molecule has 1 heterocycles. The van der Waals surface area contributed by atoms with E-state index in [1.54, 1.807) is 0 Å². The van der Waals surface area contributed by atoms with Gasteiger partial charge in [-0.2, -0.15) is 0 Å². The quantitative estimate of drug-likeness (QED) is 0.496. The minimum atomic E-state index is -0.738. The van der Waals surface area contributed by atoms with E-state index in [1.165, 1.54) is 19.1 Å². The van der Waals surface area contributed by atoms with Crippen LogP contribution in [-0.2, 0) is 17.6 Å². The lowest BCUT2D eigenvalue weighted by atomic mass is 9.91. The fourth-order valence-electron chi connectivity index (χ4n) is 3.16. The summed E-state index contributed by atoms with van der Waals surface area (Å²) in [5.74, 6) is -2.22. The minimum Gasteiger partial charge on any atom is -0.508 e. The number of cyclic esters (lactones) is 1. The van der Waals surface area contributed by atoms with Crippen molar-refractivity contribution in [3.63, 3.8) is 0 Å². The normalized spacial score (nSPS) is 16.2. The molecule has 1 atom stereocenters. The molecule has 7 nitrogen and oxygen atoms in total. The van der Waals surface area contributed by atoms with Crippen LogP contribution in [-0.4, -0.2) is 38.3 Å². The number of fused-ring (bicyclic) bond motifs is 1. The SMILES string of the molecule is CC(=O)c1c(O)cc(O)cc1C[C@@H]1Cc2cc(O)cc(O)c2C(=O)O1. The third kappa shape index (κ3) is 3.08. The van der Waals surface area contributed by atoms with Crippen molar-refractivity contribution in [3.8, 4) is 23.0 Å². The fraction of sp³-hybridized carbons (Fsp3) is 0.222. The van der Waals surface area contributed by atoms with Crippen molar-refractivity contribution in [2.24, 2.45) is 0 Å². The Morgan fingerprint density at radius 1 is 1.08 bits per heavy atom. The van der Waals surface area contributed by atoms with Gasteiger partial charge in [0, 0.05) is 25.0 Å². The molecule has 0 aliphatic carbocycles. The molecule has 0 radical (unpaired) electrons. The van der Waals surface area contributed by atoms with Crippen molar-refractivity contribution in [2.45, 2.75) is 25.9 Å². The number of carbonyl (C=O) groups excluding carboxylic acids is 2. The molecule has 0 spiro atoms. The summed E-state index contributed by atoms with van der Waals surface area (Å²) in [6, 6.07) is 4.83. The first kappa shape index (κ1) is 16.6. The number of aromatic hydroxyl groups is 4. The number of phenols is 4. The molecule has 2 aromatic carbocycles. The maximum absolute atomic E-state index is 12.1. The number of hydrogen-bond acceptors (Lipinski definition) is 7. The number of ketones is 1. The molecule has 0 amide bonds. The van der Waals surface area contributed by atoms with Crippen LogP contribution in [0.1, 0.15) is 38.8 Å². The van der Waals surface area contributed by atoms with Gasteiger partial charge in [0.05, 0.1) is 5.56 Å². The van der Waals surface area contributed by atoms with E-state index in [0.717, 1.165) is 12.1 Å². The molecule has 4 N–H and O–H groups in total. The molecule has 0 bridgehead atoms. The smallest absolute Gasteiger partial charge is 0.342 e. The summed E-state index contributed by atoms with van der Waals surface area (Å²) in [5, 5.41) is 39.0. The van der Waals surface area contributed by atoms with Gasteiger partial charge in [0.25, 0.3) is 0 Å². The lowest BCUT2D eigenvalue weighted by molar-refractivity contribution is 0.0255. The molecule has 0 aromatic heterocycles. The van der Waals surface area contributed by atoms with Crippen molar-refractivity contribution >= 4 is 11.8 Å². The number of hydrogen-bond donors (Lipinski definition) is 4. The van der Waals surface area contributed by atoms with Gasteiger partial charge in [-0.1, -0.05) is 0 Å². The molecule has 25 heavy (non-hydrogen) atoms. The number of Topliss-reactive ketones (excluding diaryl/α,β-unsaturated/α-hetero) is 1. The van der Waals surface area contributed by atoms with Crippen LogP contribution in [0.15, 0.2) is 24.3 Å². The average Bonchev–Trinajstić information content (AvgIpc) is 2.44. The third-order valence-corrected chi connectivity index (χ3v) is 4.09. The van der Waals surface area contributed by atoms with Crippen LogP contribution in [0.25, 0.3) is 0 Å². The highest BCUT2D eigenvalue weighted by atomic mass is 16.5. The molecule has 7 heteroatoms. The van der Waals surface area contributed by atoms with E-state index < -0.39 is 12.1 Å². The van der Waals surface area contributed by atoms with Crippen LogP contribution >= 0.6 is 0 Å². The van der Waals surface area contributed by atoms with Gasteiger partial charge in [0.1, 0.15) is 34.7 Å². The first-order valence-corrected chi connectivity index (χ1v) is 7.58. The molecule has 1 aliphatic rings. The zero-order valence-corrected chi connectivity index (χ0v) is 13.3. The van der Waals surface area contributed by atoms with Crippen LogP contribution in [0.2, 0.25) is 0 Å². The van der Waals surface area contributed by atoms with E-state index in [9.17, 15) is 30.0 Å². The Morgan fingerprint density at radius 2 is 1.72 bits per heavy atom. The van der Waals surface area contributed by atoms with Crippen LogP contribution in [0.5, 0.6) is 23.0 Å². The van der Waals surface area contributed by atoms with E-state index in [2.05, 4.69) is 0 Å². The van der Waals surface area contributed by atoms with Gasteiger partial charge in [-0.15, -0.1) is 0 Å². The molecular formula is C18H16O7. The van der Waals surface area contributed by atoms with E-state index in [1.807, 2.05) is 0 Å². The van der Waals surface area contributed by atoms with Crippen LogP contribution in [0.4, 0.5) is 0 Å². The average molecular weight is 344 g/mol. The van der Waals surface area contributed by atoms with Gasteiger partial charge >= 0.3 is 5.97 Å². The van der Waals surface area contributed by atoms with Gasteiger partial charge in [0.15, 0.2) is 5.78 Å². The Morgan fingerprint density at radius 3 is 2.40 bits per heavy atom. The van der Waals surface area contributed by atoms with E-state index in [-0.39, 0.29) is 52.7 Å². The topological polar surface area (TPSA) is 124 Å². The minimum absolute atomic E-state index is 0.000373. The van der Waals surface area contributed by atoms with Gasteiger partial charge in [-0.3, -0.25) is 4.79 Å². The number of esters is 1. The third-order valence-electron chi connectivity index (χ3n) is 4.09. The maximum atomic E-state index is 12.1. The number of benzene rings is 2. The highest BCUT2D eigenvalue weighted by Gasteiger charge is 2.31. The lowest BCUT2D eigenvalue weighted by Crippen LogP contribution is -2.30. The molecule has 2 aromatic rings. The molecule has 3 rings (SSSR count). The number of ether oxygens (including phenoxy) is 1. The second-order valence-corrected chi connectivity index (χ2v) is 5.99. The Kier molecular flexibility index (Phi) is 4.00. The molecule has 0 saturated carbocycles. The second-order valence-electron chi connectivity index (χ2n) is 5.99. The number of phenolic OH excluding ortho intramolecular Hbond substituents is 4. The van der Waals surface area contributed by atoms with Crippen molar-refractivity contribution in [1.29, 1.82) is 0 Å². The highest BCUT2D eigenvalue weighted by Crippen LogP contribution is 2.35. The van der Waals surface area contributed by atoms with Crippen molar-refractivity contribution < 1.29 is 34.8 Å². The zero-order valence-electron chi connectivity index (χ0n) is 13.3. The summed E-state index contributed by atoms with van der Waals surface area (Å²) in [4.78, 5) is 23.9. The Bertz CT molecular complexity index is 885. The van der Waals surface area contributed by atoms with Crippen LogP contribution < -0.4 is 0 Å². The predicted molar refractivity (Wildman–Crippen MR) is 86.2 cm³/mol. The standard InChI is InChI=1S/C18H16O7/c1-8(19)16-9(2-11(20)6-14(16)22)4-13-5-10-3-12(21)7-15(23)17(10)18(24)25-13/h2-3,6-7,13,20-23H,4-5H2,1H3/t13-/m1/s1. The predicted octanol–water partition coefficient (Wildman–Crippen LogP) is 2.04. The van der Waals surface area contributed by atoms with Crippen LogP contribution in [0.3, 0.4) is 0 Å². The van der Waals surface area contributed by atoms with Crippen LogP contribution in [0, 0.1) is 0 Å². The molecular weight excluding hydrogens is 328 g/mol. The molecule has 0 fully saturated rings. The van der Waals surface area contributed by atoms with E-state index in [0.29, 0.717) is 11.1 Å².